The third kappa shape index (κ3) is 4.15. The lowest BCUT2D eigenvalue weighted by Gasteiger charge is -1.99. The molecule has 0 spiro atoms. The van der Waals surface area contributed by atoms with Gasteiger partial charge in [-0.3, -0.25) is 0 Å². The molecule has 0 fully saturated rings. The first-order valence-corrected chi connectivity index (χ1v) is 5.30. The van der Waals surface area contributed by atoms with E-state index in [0.29, 0.717) is 0 Å². The van der Waals surface area contributed by atoms with Crippen LogP contribution in [-0.4, -0.2) is 0 Å². The van der Waals surface area contributed by atoms with Crippen LogP contribution in [0.25, 0.3) is 0 Å². The van der Waals surface area contributed by atoms with Gasteiger partial charge in [-0.2, -0.15) is 0 Å². The molecule has 0 nitrogen and oxygen atoms in total. The molecular formula is C12H13Br. The van der Waals surface area contributed by atoms with Gasteiger partial charge in [0.15, 0.2) is 0 Å². The zero-order valence-electron chi connectivity index (χ0n) is 7.59. The van der Waals surface area contributed by atoms with Gasteiger partial charge in [0.1, 0.15) is 0 Å². The second-order valence-electron chi connectivity index (χ2n) is 3.04. The zero-order chi connectivity index (χ0) is 9.52. The molecule has 0 aromatic heterocycles. The van der Waals surface area contributed by atoms with Crippen LogP contribution in [-0.2, 0) is 6.42 Å². The van der Waals surface area contributed by atoms with Gasteiger partial charge in [0, 0.05) is 10.9 Å². The minimum atomic E-state index is 0.899. The number of rotatable bonds is 4. The predicted octanol–water partition coefficient (Wildman–Crippen LogP) is 3.80. The lowest BCUT2D eigenvalue weighted by molar-refractivity contribution is 0.757. The second-order valence-corrected chi connectivity index (χ2v) is 3.95. The minimum absolute atomic E-state index is 0.899. The molecule has 1 rings (SSSR count). The number of hydrogen-bond acceptors (Lipinski definition) is 0. The molecule has 0 aliphatic rings. The Morgan fingerprint density at radius 2 is 1.85 bits per heavy atom. The summed E-state index contributed by atoms with van der Waals surface area (Å²) in [5.74, 6) is 2.66. The second kappa shape index (κ2) is 5.83. The molecule has 0 heterocycles. The molecule has 0 bridgehead atoms. The monoisotopic (exact) mass is 236 g/mol. The molecule has 0 N–H and O–H groups in total. The summed E-state index contributed by atoms with van der Waals surface area (Å²) in [7, 11) is 0. The minimum Gasteiger partial charge on any atom is -0.120 e. The van der Waals surface area contributed by atoms with E-state index in [4.69, 9.17) is 6.42 Å². The fourth-order valence-corrected chi connectivity index (χ4v) is 1.47. The normalized spacial score (nSPS) is 9.54. The van der Waals surface area contributed by atoms with Crippen molar-refractivity contribution in [2.45, 2.75) is 25.7 Å². The Bertz CT molecular complexity index is 279. The van der Waals surface area contributed by atoms with Gasteiger partial charge >= 0.3 is 0 Å². The fourth-order valence-electron chi connectivity index (χ4n) is 1.21. The molecule has 0 radical (unpaired) electrons. The summed E-state index contributed by atoms with van der Waals surface area (Å²) in [5.41, 5.74) is 1.39. The van der Waals surface area contributed by atoms with Crippen molar-refractivity contribution in [3.8, 4) is 12.3 Å². The van der Waals surface area contributed by atoms with E-state index in [-0.39, 0.29) is 0 Å². The van der Waals surface area contributed by atoms with Crippen LogP contribution in [0.2, 0.25) is 0 Å². The zero-order valence-corrected chi connectivity index (χ0v) is 9.18. The van der Waals surface area contributed by atoms with E-state index in [0.717, 1.165) is 23.7 Å². The lowest BCUT2D eigenvalue weighted by atomic mass is 10.1. The summed E-state index contributed by atoms with van der Waals surface area (Å²) in [4.78, 5) is 0. The van der Waals surface area contributed by atoms with Crippen LogP contribution in [0.5, 0.6) is 0 Å². The maximum atomic E-state index is 5.17. The van der Waals surface area contributed by atoms with Crippen LogP contribution >= 0.6 is 15.9 Å². The van der Waals surface area contributed by atoms with Crippen molar-refractivity contribution in [1.82, 2.24) is 0 Å². The number of halogens is 1. The number of unbranched alkanes of at least 4 members (excludes halogenated alkanes) is 2. The Labute approximate surface area is 88.5 Å². The number of terminal acetylenes is 1. The van der Waals surface area contributed by atoms with Crippen LogP contribution in [0.4, 0.5) is 0 Å². The van der Waals surface area contributed by atoms with Gasteiger partial charge in [0.25, 0.3) is 0 Å². The molecule has 1 heteroatoms. The fraction of sp³-hybridized carbons (Fsp3) is 0.333. The van der Waals surface area contributed by atoms with Crippen molar-refractivity contribution in [2.24, 2.45) is 0 Å². The summed E-state index contributed by atoms with van der Waals surface area (Å²) in [6, 6.07) is 8.47. The average molecular weight is 237 g/mol. The lowest BCUT2D eigenvalue weighted by Crippen LogP contribution is -1.84. The molecule has 0 saturated heterocycles. The summed E-state index contributed by atoms with van der Waals surface area (Å²) < 4.78 is 1.14. The highest BCUT2D eigenvalue weighted by atomic mass is 79.9. The van der Waals surface area contributed by atoms with E-state index >= 15 is 0 Å². The SMILES string of the molecule is C#CCCCCc1ccc(Br)cc1. The number of benzene rings is 1. The van der Waals surface area contributed by atoms with Gasteiger partial charge in [-0.25, -0.2) is 0 Å². The molecular weight excluding hydrogens is 224 g/mol. The van der Waals surface area contributed by atoms with Gasteiger partial charge in [-0.1, -0.05) is 28.1 Å². The Hall–Kier alpha value is -0.740. The standard InChI is InChI=1S/C12H13Br/c1-2-3-4-5-6-11-7-9-12(13)10-8-11/h1,7-10H,3-6H2. The maximum Gasteiger partial charge on any atom is 0.0175 e. The first-order chi connectivity index (χ1) is 6.33. The van der Waals surface area contributed by atoms with Crippen molar-refractivity contribution in [3.63, 3.8) is 0 Å². The van der Waals surface area contributed by atoms with Crippen molar-refractivity contribution in [2.75, 3.05) is 0 Å². The molecule has 0 saturated carbocycles. The van der Waals surface area contributed by atoms with E-state index in [1.54, 1.807) is 0 Å². The largest absolute Gasteiger partial charge is 0.120 e. The van der Waals surface area contributed by atoms with Crippen molar-refractivity contribution in [1.29, 1.82) is 0 Å². The summed E-state index contributed by atoms with van der Waals surface area (Å²) in [6.45, 7) is 0. The topological polar surface area (TPSA) is 0 Å². The molecule has 1 aromatic carbocycles. The Morgan fingerprint density at radius 3 is 2.46 bits per heavy atom. The molecule has 0 aliphatic carbocycles. The predicted molar refractivity (Wildman–Crippen MR) is 60.5 cm³/mol. The average Bonchev–Trinajstić information content (AvgIpc) is 2.15. The number of aryl methyl sites for hydroxylation is 1. The van der Waals surface area contributed by atoms with Crippen LogP contribution < -0.4 is 0 Å². The highest BCUT2D eigenvalue weighted by Crippen LogP contribution is 2.12. The summed E-state index contributed by atoms with van der Waals surface area (Å²) in [6.07, 6.45) is 9.52. The van der Waals surface area contributed by atoms with E-state index < -0.39 is 0 Å². The van der Waals surface area contributed by atoms with Crippen LogP contribution in [0.15, 0.2) is 28.7 Å². The quantitative estimate of drug-likeness (QED) is 0.552. The molecule has 0 amide bonds. The molecule has 0 atom stereocenters. The van der Waals surface area contributed by atoms with Gasteiger partial charge in [-0.05, 0) is 37.0 Å². The smallest absolute Gasteiger partial charge is 0.0175 e. The Morgan fingerprint density at radius 1 is 1.15 bits per heavy atom. The first-order valence-electron chi connectivity index (χ1n) is 4.51. The first kappa shape index (κ1) is 10.3. The van der Waals surface area contributed by atoms with Crippen LogP contribution in [0.1, 0.15) is 24.8 Å². The van der Waals surface area contributed by atoms with E-state index in [1.807, 2.05) is 0 Å². The third-order valence-corrected chi connectivity index (χ3v) is 2.48. The molecule has 0 unspecified atom stereocenters. The van der Waals surface area contributed by atoms with Gasteiger partial charge in [-0.15, -0.1) is 12.3 Å². The third-order valence-electron chi connectivity index (χ3n) is 1.95. The molecule has 68 valence electrons. The van der Waals surface area contributed by atoms with Crippen molar-refractivity contribution in [3.05, 3.63) is 34.3 Å². The van der Waals surface area contributed by atoms with E-state index in [9.17, 15) is 0 Å². The van der Waals surface area contributed by atoms with Gasteiger partial charge in [0.05, 0.1) is 0 Å². The van der Waals surface area contributed by atoms with Crippen molar-refractivity contribution >= 4 is 15.9 Å². The Kier molecular flexibility index (Phi) is 4.64. The van der Waals surface area contributed by atoms with Crippen molar-refractivity contribution < 1.29 is 0 Å². The van der Waals surface area contributed by atoms with Crippen LogP contribution in [0.3, 0.4) is 0 Å². The van der Waals surface area contributed by atoms with E-state index in [1.165, 1.54) is 12.0 Å². The molecule has 1 aromatic rings. The Balaban J connectivity index is 2.30. The maximum absolute atomic E-state index is 5.17. The summed E-state index contributed by atoms with van der Waals surface area (Å²) in [5, 5.41) is 0. The van der Waals surface area contributed by atoms with Crippen LogP contribution in [0, 0.1) is 12.3 Å². The van der Waals surface area contributed by atoms with E-state index in [2.05, 4.69) is 46.1 Å². The molecule has 13 heavy (non-hydrogen) atoms. The van der Waals surface area contributed by atoms with Gasteiger partial charge < -0.3 is 0 Å². The highest BCUT2D eigenvalue weighted by Gasteiger charge is 1.92. The number of hydrogen-bond donors (Lipinski definition) is 0. The van der Waals surface area contributed by atoms with Gasteiger partial charge in [0.2, 0.25) is 0 Å². The highest BCUT2D eigenvalue weighted by molar-refractivity contribution is 9.10. The molecule has 0 aliphatic heterocycles. The summed E-state index contributed by atoms with van der Waals surface area (Å²) >= 11 is 3.41.